The molecule has 0 unspecified atom stereocenters. The van der Waals surface area contributed by atoms with Gasteiger partial charge in [0.25, 0.3) is 0 Å². The number of pyridine rings is 1. The van der Waals surface area contributed by atoms with E-state index in [9.17, 15) is 4.79 Å². The first-order valence-corrected chi connectivity index (χ1v) is 11.1. The summed E-state index contributed by atoms with van der Waals surface area (Å²) in [4.78, 5) is 24.5. The van der Waals surface area contributed by atoms with E-state index in [1.54, 1.807) is 6.20 Å². The van der Waals surface area contributed by atoms with Crippen molar-refractivity contribution in [3.05, 3.63) is 77.9 Å². The Kier molecular flexibility index (Phi) is 7.50. The molecule has 0 aliphatic carbocycles. The minimum atomic E-state index is -0.234. The highest BCUT2D eigenvalue weighted by atomic mass is 16.5. The van der Waals surface area contributed by atoms with Crippen LogP contribution >= 0.6 is 0 Å². The number of fused-ring (bicyclic) bond motifs is 1. The number of nitrogens with zero attached hydrogens (tertiary/aromatic N) is 3. The van der Waals surface area contributed by atoms with Gasteiger partial charge in [-0.05, 0) is 67.9 Å². The van der Waals surface area contributed by atoms with Gasteiger partial charge in [0.15, 0.2) is 0 Å². The molecule has 2 heterocycles. The van der Waals surface area contributed by atoms with E-state index in [0.717, 1.165) is 39.2 Å². The van der Waals surface area contributed by atoms with E-state index in [-0.39, 0.29) is 25.5 Å². The third-order valence-corrected chi connectivity index (χ3v) is 5.13. The summed E-state index contributed by atoms with van der Waals surface area (Å²) in [6.45, 7) is 3.94. The van der Waals surface area contributed by atoms with Crippen LogP contribution < -0.4 is 15.4 Å². The zero-order valence-corrected chi connectivity index (χ0v) is 19.5. The van der Waals surface area contributed by atoms with Crippen LogP contribution in [-0.4, -0.2) is 39.1 Å². The molecule has 0 saturated carbocycles. The lowest BCUT2D eigenvalue weighted by molar-refractivity contribution is -0.121. The number of ether oxygens (including phenoxy) is 1. The molecule has 3 N–H and O–H groups in total. The fourth-order valence-corrected chi connectivity index (χ4v) is 3.33. The number of amides is 1. The fourth-order valence-electron chi connectivity index (χ4n) is 3.33. The predicted molar refractivity (Wildman–Crippen MR) is 135 cm³/mol. The summed E-state index contributed by atoms with van der Waals surface area (Å²) in [5.41, 5.74) is 4.32. The van der Waals surface area contributed by atoms with Crippen molar-refractivity contribution in [2.24, 2.45) is 0 Å². The average molecular weight is 468 g/mol. The second-order valence-electron chi connectivity index (χ2n) is 7.85. The summed E-state index contributed by atoms with van der Waals surface area (Å²) in [5, 5.41) is 15.6. The number of carbonyl (C=O) groups excluding carboxylic acids is 1. The van der Waals surface area contributed by atoms with Gasteiger partial charge in [-0.25, -0.2) is 9.97 Å². The molecule has 0 atom stereocenters. The summed E-state index contributed by atoms with van der Waals surface area (Å²) in [7, 11) is 0. The molecule has 4 aromatic rings. The third-order valence-electron chi connectivity index (χ3n) is 5.13. The van der Waals surface area contributed by atoms with Gasteiger partial charge in [-0.1, -0.05) is 11.8 Å². The number of aliphatic hydroxyl groups is 1. The number of nitrogens with one attached hydrogen (secondary N) is 2. The lowest BCUT2D eigenvalue weighted by Crippen LogP contribution is -2.24. The molecular weight excluding hydrogens is 442 g/mol. The number of anilines is 2. The number of rotatable bonds is 7. The van der Waals surface area contributed by atoms with Gasteiger partial charge in [-0.3, -0.25) is 9.78 Å². The van der Waals surface area contributed by atoms with Gasteiger partial charge >= 0.3 is 0 Å². The molecule has 0 aliphatic rings. The molecule has 2 aromatic carbocycles. The number of hydrogen-bond acceptors (Lipinski definition) is 7. The summed E-state index contributed by atoms with van der Waals surface area (Å²) in [6.07, 6.45) is 3.29. The van der Waals surface area contributed by atoms with Crippen molar-refractivity contribution in [3.8, 4) is 23.3 Å². The largest absolute Gasteiger partial charge is 0.455 e. The van der Waals surface area contributed by atoms with Crippen LogP contribution in [0.2, 0.25) is 0 Å². The minimum absolute atomic E-state index is 0.0692. The van der Waals surface area contributed by atoms with Gasteiger partial charge in [0.05, 0.1) is 24.9 Å². The average Bonchev–Trinajstić information content (AvgIpc) is 2.85. The van der Waals surface area contributed by atoms with Crippen LogP contribution in [0, 0.1) is 25.7 Å². The molecule has 2 aromatic heterocycles. The van der Waals surface area contributed by atoms with Crippen molar-refractivity contribution < 1.29 is 14.6 Å². The molecule has 8 nitrogen and oxygen atoms in total. The molecule has 8 heteroatoms. The quantitative estimate of drug-likeness (QED) is 0.352. The van der Waals surface area contributed by atoms with E-state index >= 15 is 0 Å². The van der Waals surface area contributed by atoms with Crippen molar-refractivity contribution in [1.29, 1.82) is 0 Å². The number of aryl methyl sites for hydroxylation is 2. The normalized spacial score (nSPS) is 10.4. The summed E-state index contributed by atoms with van der Waals surface area (Å²) < 4.78 is 5.96. The summed E-state index contributed by atoms with van der Waals surface area (Å²) >= 11 is 0. The molecule has 0 radical (unpaired) electrons. The monoisotopic (exact) mass is 467 g/mol. The fraction of sp³-hybridized carbons (Fsp3) is 0.185. The lowest BCUT2D eigenvalue weighted by Gasteiger charge is -2.12. The van der Waals surface area contributed by atoms with Crippen LogP contribution in [0.15, 0.2) is 61.1 Å². The Labute approximate surface area is 203 Å². The SMILES string of the molecule is Cc1ccc(Oc2ccc(Nc3ncnc4ccc(C#CCNC(=O)CCO)cc34)cc2C)cn1. The molecule has 0 spiro atoms. The van der Waals surface area contributed by atoms with E-state index in [0.29, 0.717) is 11.6 Å². The lowest BCUT2D eigenvalue weighted by atomic mass is 10.1. The van der Waals surface area contributed by atoms with Gasteiger partial charge < -0.3 is 20.5 Å². The molecule has 0 aliphatic heterocycles. The van der Waals surface area contributed by atoms with Crippen LogP contribution in [0.3, 0.4) is 0 Å². The van der Waals surface area contributed by atoms with Gasteiger partial charge in [-0.15, -0.1) is 0 Å². The van der Waals surface area contributed by atoms with Crippen LogP contribution in [0.1, 0.15) is 23.2 Å². The van der Waals surface area contributed by atoms with Crippen molar-refractivity contribution in [2.45, 2.75) is 20.3 Å². The highest BCUT2D eigenvalue weighted by Crippen LogP contribution is 2.29. The van der Waals surface area contributed by atoms with E-state index in [1.165, 1.54) is 6.33 Å². The Morgan fingerprint density at radius 3 is 2.71 bits per heavy atom. The van der Waals surface area contributed by atoms with Gasteiger partial charge in [0.2, 0.25) is 5.91 Å². The standard InChI is InChI=1S/C27H25N5O3/c1-18-14-21(7-10-25(18)35-22-8-5-19(2)29-16-22)32-27-23-15-20(6-9-24(23)30-17-31-27)4-3-12-28-26(34)11-13-33/h5-10,14-17,33H,11-13H2,1-2H3,(H,28,34)(H,30,31,32). The smallest absolute Gasteiger partial charge is 0.223 e. The molecule has 0 fully saturated rings. The highest BCUT2D eigenvalue weighted by Gasteiger charge is 2.08. The zero-order chi connectivity index (χ0) is 24.6. The number of hydrogen-bond donors (Lipinski definition) is 3. The highest BCUT2D eigenvalue weighted by molar-refractivity contribution is 5.91. The Balaban J connectivity index is 1.50. The first-order valence-electron chi connectivity index (χ1n) is 11.1. The molecule has 1 amide bonds. The first kappa shape index (κ1) is 23.7. The maximum absolute atomic E-state index is 11.4. The molecule has 35 heavy (non-hydrogen) atoms. The van der Waals surface area contributed by atoms with Gasteiger partial charge in [0.1, 0.15) is 23.6 Å². The van der Waals surface area contributed by atoms with Crippen molar-refractivity contribution in [3.63, 3.8) is 0 Å². The maximum atomic E-state index is 11.4. The van der Waals surface area contributed by atoms with Gasteiger partial charge in [-0.2, -0.15) is 0 Å². The third kappa shape index (κ3) is 6.31. The summed E-state index contributed by atoms with van der Waals surface area (Å²) in [5.74, 6) is 7.81. The van der Waals surface area contributed by atoms with Crippen LogP contribution in [0.4, 0.5) is 11.5 Å². The minimum Gasteiger partial charge on any atom is -0.455 e. The molecule has 176 valence electrons. The molecule has 0 bridgehead atoms. The van der Waals surface area contributed by atoms with Crippen molar-refractivity contribution >= 4 is 28.3 Å². The Morgan fingerprint density at radius 2 is 1.94 bits per heavy atom. The molecule has 4 rings (SSSR count). The number of aromatic nitrogens is 3. The van der Waals surface area contributed by atoms with Crippen molar-refractivity contribution in [1.82, 2.24) is 20.3 Å². The molecular formula is C27H25N5O3. The molecule has 0 saturated heterocycles. The van der Waals surface area contributed by atoms with Crippen LogP contribution in [0.25, 0.3) is 10.9 Å². The Morgan fingerprint density at radius 1 is 1.06 bits per heavy atom. The Hall–Kier alpha value is -4.48. The number of aliphatic hydroxyl groups excluding tert-OH is 1. The van der Waals surface area contributed by atoms with E-state index in [1.807, 2.05) is 62.4 Å². The van der Waals surface area contributed by atoms with Gasteiger partial charge in [0, 0.05) is 28.8 Å². The zero-order valence-electron chi connectivity index (χ0n) is 19.5. The first-order chi connectivity index (χ1) is 17.0. The van der Waals surface area contributed by atoms with E-state index < -0.39 is 0 Å². The van der Waals surface area contributed by atoms with Crippen LogP contribution in [-0.2, 0) is 4.79 Å². The second-order valence-corrected chi connectivity index (χ2v) is 7.85. The number of carbonyl (C=O) groups is 1. The van der Waals surface area contributed by atoms with E-state index in [2.05, 4.69) is 37.4 Å². The summed E-state index contributed by atoms with van der Waals surface area (Å²) in [6, 6.07) is 15.3. The maximum Gasteiger partial charge on any atom is 0.223 e. The van der Waals surface area contributed by atoms with Crippen LogP contribution in [0.5, 0.6) is 11.5 Å². The predicted octanol–water partition coefficient (Wildman–Crippen LogP) is 4.03. The topological polar surface area (TPSA) is 109 Å². The Bertz CT molecular complexity index is 1410. The van der Waals surface area contributed by atoms with E-state index in [4.69, 9.17) is 9.84 Å². The number of benzene rings is 2. The second kappa shape index (κ2) is 11.1. The van der Waals surface area contributed by atoms with Crippen molar-refractivity contribution in [2.75, 3.05) is 18.5 Å².